The Labute approximate surface area is 135 Å². The van der Waals surface area contributed by atoms with E-state index in [0.29, 0.717) is 25.8 Å². The number of nitrogens with zero attached hydrogens (tertiary/aromatic N) is 1. The number of β-amino-alcohol motifs (C(OH)–C–C–N with tert-alkyl or cyclic N) is 1. The Kier molecular flexibility index (Phi) is 4.67. The fourth-order valence-corrected chi connectivity index (χ4v) is 3.08. The van der Waals surface area contributed by atoms with Gasteiger partial charge in [0.1, 0.15) is 5.75 Å². The summed E-state index contributed by atoms with van der Waals surface area (Å²) in [6.07, 6.45) is 4.40. The van der Waals surface area contributed by atoms with E-state index in [1.807, 2.05) is 30.3 Å². The molecule has 1 aromatic heterocycles. The Bertz CT molecular complexity index is 653. The molecule has 1 saturated heterocycles. The van der Waals surface area contributed by atoms with Crippen LogP contribution in [0.5, 0.6) is 5.75 Å². The van der Waals surface area contributed by atoms with Crippen LogP contribution in [0.2, 0.25) is 0 Å². The topological polar surface area (TPSA) is 62.9 Å². The van der Waals surface area contributed by atoms with E-state index in [-0.39, 0.29) is 11.9 Å². The maximum Gasteiger partial charge on any atom is 0.223 e. The number of carbonyl (C=O) groups is 1. The first-order chi connectivity index (χ1) is 11.2. The number of methoxy groups -OCH3 is 1. The van der Waals surface area contributed by atoms with Crippen LogP contribution < -0.4 is 4.74 Å². The molecular weight excluding hydrogens is 294 g/mol. The minimum absolute atomic E-state index is 0.0515. The second-order valence-electron chi connectivity index (χ2n) is 5.86. The zero-order valence-corrected chi connectivity index (χ0v) is 13.1. The maximum atomic E-state index is 12.6. The quantitative estimate of drug-likeness (QED) is 0.921. The van der Waals surface area contributed by atoms with Crippen LogP contribution in [-0.2, 0) is 11.2 Å². The monoisotopic (exact) mass is 315 g/mol. The first kappa shape index (κ1) is 15.6. The number of hydrogen-bond donors (Lipinski definition) is 1. The van der Waals surface area contributed by atoms with Crippen LogP contribution in [0.3, 0.4) is 0 Å². The lowest BCUT2D eigenvalue weighted by atomic mass is 10.0. The number of hydrogen-bond acceptors (Lipinski definition) is 4. The Hall–Kier alpha value is -2.27. The van der Waals surface area contributed by atoms with Gasteiger partial charge in [-0.2, -0.15) is 0 Å². The molecule has 1 fully saturated rings. The van der Waals surface area contributed by atoms with E-state index in [0.717, 1.165) is 16.9 Å². The van der Waals surface area contributed by atoms with Crippen LogP contribution in [0.25, 0.3) is 0 Å². The molecule has 1 amide bonds. The number of aliphatic hydroxyl groups is 1. The molecule has 0 spiro atoms. The molecular formula is C18H21NO4. The molecule has 2 aromatic rings. The highest BCUT2D eigenvalue weighted by Gasteiger charge is 2.35. The summed E-state index contributed by atoms with van der Waals surface area (Å²) < 4.78 is 10.3. The molecule has 1 aliphatic heterocycles. The number of carbonyl (C=O) groups excluding carboxylic acids is 1. The van der Waals surface area contributed by atoms with Crippen molar-refractivity contribution in [3.05, 3.63) is 54.0 Å². The van der Waals surface area contributed by atoms with Crippen LogP contribution in [-0.4, -0.2) is 35.7 Å². The van der Waals surface area contributed by atoms with Gasteiger partial charge in [-0.25, -0.2) is 0 Å². The molecule has 0 aliphatic carbocycles. The molecule has 0 bridgehead atoms. The van der Waals surface area contributed by atoms with Gasteiger partial charge in [0, 0.05) is 13.0 Å². The summed E-state index contributed by atoms with van der Waals surface area (Å²) >= 11 is 0. The smallest absolute Gasteiger partial charge is 0.223 e. The van der Waals surface area contributed by atoms with Crippen molar-refractivity contribution in [3.8, 4) is 5.75 Å². The van der Waals surface area contributed by atoms with Gasteiger partial charge < -0.3 is 19.2 Å². The van der Waals surface area contributed by atoms with Crippen LogP contribution in [0, 0.1) is 0 Å². The Balaban J connectivity index is 1.72. The summed E-state index contributed by atoms with van der Waals surface area (Å²) in [5, 5.41) is 10.0. The summed E-state index contributed by atoms with van der Waals surface area (Å²) in [5.74, 6) is 0.810. The number of ether oxygens (including phenoxy) is 1. The second-order valence-corrected chi connectivity index (χ2v) is 5.86. The predicted octanol–water partition coefficient (Wildman–Crippen LogP) is 2.56. The lowest BCUT2D eigenvalue weighted by Crippen LogP contribution is -2.31. The SMILES string of the molecule is COc1cccc([C@H]2C[C@@H](O)CN2C(=O)CCc2ccoc2)c1. The third kappa shape index (κ3) is 3.56. The first-order valence-corrected chi connectivity index (χ1v) is 7.80. The summed E-state index contributed by atoms with van der Waals surface area (Å²) in [4.78, 5) is 14.4. The van der Waals surface area contributed by atoms with Gasteiger partial charge in [-0.3, -0.25) is 4.79 Å². The molecule has 122 valence electrons. The van der Waals surface area contributed by atoms with Crippen LogP contribution in [0.15, 0.2) is 47.3 Å². The number of benzene rings is 1. The van der Waals surface area contributed by atoms with Gasteiger partial charge in [-0.1, -0.05) is 12.1 Å². The third-order valence-corrected chi connectivity index (χ3v) is 4.29. The van der Waals surface area contributed by atoms with E-state index in [2.05, 4.69) is 0 Å². The average molecular weight is 315 g/mol. The summed E-state index contributed by atoms with van der Waals surface area (Å²) in [7, 11) is 1.62. The fraction of sp³-hybridized carbons (Fsp3) is 0.389. The number of amides is 1. The second kappa shape index (κ2) is 6.87. The van der Waals surface area contributed by atoms with Crippen molar-refractivity contribution in [3.63, 3.8) is 0 Å². The van der Waals surface area contributed by atoms with Crippen molar-refractivity contribution >= 4 is 5.91 Å². The molecule has 0 unspecified atom stereocenters. The van der Waals surface area contributed by atoms with Gasteiger partial charge in [-0.15, -0.1) is 0 Å². The minimum Gasteiger partial charge on any atom is -0.497 e. The van der Waals surface area contributed by atoms with Gasteiger partial charge in [0.25, 0.3) is 0 Å². The zero-order chi connectivity index (χ0) is 16.2. The Morgan fingerprint density at radius 3 is 3.04 bits per heavy atom. The van der Waals surface area contributed by atoms with Gasteiger partial charge in [-0.05, 0) is 42.2 Å². The molecule has 2 atom stereocenters. The van der Waals surface area contributed by atoms with Gasteiger partial charge in [0.2, 0.25) is 5.91 Å². The van der Waals surface area contributed by atoms with Crippen LogP contribution in [0.4, 0.5) is 0 Å². The third-order valence-electron chi connectivity index (χ3n) is 4.29. The number of rotatable bonds is 5. The molecule has 5 nitrogen and oxygen atoms in total. The summed E-state index contributed by atoms with van der Waals surface area (Å²) in [5.41, 5.74) is 2.01. The lowest BCUT2D eigenvalue weighted by molar-refractivity contribution is -0.132. The average Bonchev–Trinajstić information content (AvgIpc) is 3.22. The Morgan fingerprint density at radius 1 is 1.43 bits per heavy atom. The van der Waals surface area contributed by atoms with Gasteiger partial charge in [0.15, 0.2) is 0 Å². The van der Waals surface area contributed by atoms with Crippen molar-refractivity contribution in [1.82, 2.24) is 4.90 Å². The predicted molar refractivity (Wildman–Crippen MR) is 85.1 cm³/mol. The van der Waals surface area contributed by atoms with E-state index >= 15 is 0 Å². The van der Waals surface area contributed by atoms with Crippen molar-refractivity contribution in [2.24, 2.45) is 0 Å². The highest BCUT2D eigenvalue weighted by Crippen LogP contribution is 2.34. The van der Waals surface area contributed by atoms with Crippen LogP contribution in [0.1, 0.15) is 30.0 Å². The molecule has 2 heterocycles. The van der Waals surface area contributed by atoms with Gasteiger partial charge >= 0.3 is 0 Å². The normalized spacial score (nSPS) is 20.7. The summed E-state index contributed by atoms with van der Waals surface area (Å²) in [6, 6.07) is 9.45. The highest BCUT2D eigenvalue weighted by molar-refractivity contribution is 5.77. The number of aryl methyl sites for hydroxylation is 1. The molecule has 5 heteroatoms. The zero-order valence-electron chi connectivity index (χ0n) is 13.1. The maximum absolute atomic E-state index is 12.6. The highest BCUT2D eigenvalue weighted by atomic mass is 16.5. The number of aliphatic hydroxyl groups excluding tert-OH is 1. The van der Waals surface area contributed by atoms with E-state index in [1.165, 1.54) is 0 Å². The van der Waals surface area contributed by atoms with E-state index in [1.54, 1.807) is 24.5 Å². The van der Waals surface area contributed by atoms with Crippen molar-refractivity contribution in [2.45, 2.75) is 31.4 Å². The van der Waals surface area contributed by atoms with E-state index < -0.39 is 6.10 Å². The molecule has 1 aromatic carbocycles. The molecule has 1 aliphatic rings. The van der Waals surface area contributed by atoms with E-state index in [9.17, 15) is 9.90 Å². The molecule has 23 heavy (non-hydrogen) atoms. The lowest BCUT2D eigenvalue weighted by Gasteiger charge is -2.25. The Morgan fingerprint density at radius 2 is 2.30 bits per heavy atom. The number of likely N-dealkylation sites (tertiary alicyclic amines) is 1. The molecule has 0 saturated carbocycles. The standard InChI is InChI=1S/C18H21NO4/c1-22-16-4-2-3-14(9-16)17-10-15(20)11-19(17)18(21)6-5-13-7-8-23-12-13/h2-4,7-9,12,15,17,20H,5-6,10-11H2,1H3/t15-,17-/m1/s1. The summed E-state index contributed by atoms with van der Waals surface area (Å²) in [6.45, 7) is 0.381. The molecule has 3 rings (SSSR count). The molecule has 1 N–H and O–H groups in total. The number of furan rings is 1. The molecule has 0 radical (unpaired) electrons. The largest absolute Gasteiger partial charge is 0.497 e. The fourth-order valence-electron chi connectivity index (χ4n) is 3.08. The minimum atomic E-state index is -0.482. The van der Waals surface area contributed by atoms with Crippen molar-refractivity contribution in [2.75, 3.05) is 13.7 Å². The van der Waals surface area contributed by atoms with E-state index in [4.69, 9.17) is 9.15 Å². The van der Waals surface area contributed by atoms with Crippen molar-refractivity contribution in [1.29, 1.82) is 0 Å². The van der Waals surface area contributed by atoms with Crippen molar-refractivity contribution < 1.29 is 19.1 Å². The van der Waals surface area contributed by atoms with Crippen LogP contribution >= 0.6 is 0 Å². The first-order valence-electron chi connectivity index (χ1n) is 7.80. The van der Waals surface area contributed by atoms with Gasteiger partial charge in [0.05, 0.1) is 31.8 Å².